The maximum Gasteiger partial charge on any atom is 0.407 e. The van der Waals surface area contributed by atoms with E-state index in [1.807, 2.05) is 30.3 Å². The van der Waals surface area contributed by atoms with Crippen LogP contribution in [0, 0.1) is 11.7 Å². The highest BCUT2D eigenvalue weighted by molar-refractivity contribution is 5.78. The van der Waals surface area contributed by atoms with Gasteiger partial charge in [0.2, 0.25) is 5.88 Å². The second-order valence-electron chi connectivity index (χ2n) is 8.29. The smallest absolute Gasteiger partial charge is 0.407 e. The molecule has 4 rings (SSSR count). The van der Waals surface area contributed by atoms with Crippen LogP contribution < -0.4 is 10.1 Å². The molecule has 1 aliphatic rings. The number of likely N-dealkylation sites (tertiary alicyclic amines) is 1. The molecule has 9 heteroatoms. The molecule has 3 heterocycles. The van der Waals surface area contributed by atoms with Gasteiger partial charge in [0.25, 0.3) is 0 Å². The van der Waals surface area contributed by atoms with Gasteiger partial charge in [-0.2, -0.15) is 0 Å². The first-order chi connectivity index (χ1) is 16.6. The maximum absolute atomic E-state index is 14.6. The van der Waals surface area contributed by atoms with Crippen molar-refractivity contribution in [3.8, 4) is 5.88 Å². The number of carbonyl (C=O) groups excluding carboxylic acids is 1. The Bertz CT molecular complexity index is 1110. The van der Waals surface area contributed by atoms with Crippen LogP contribution in [-0.2, 0) is 22.5 Å². The molecule has 0 spiro atoms. The summed E-state index contributed by atoms with van der Waals surface area (Å²) >= 11 is 0. The molecule has 2 unspecified atom stereocenters. The molecule has 0 saturated carbocycles. The van der Waals surface area contributed by atoms with Crippen molar-refractivity contribution in [2.45, 2.75) is 19.1 Å². The third-order valence-electron chi connectivity index (χ3n) is 6.11. The van der Waals surface area contributed by atoms with Crippen LogP contribution in [0.25, 0.3) is 11.0 Å². The van der Waals surface area contributed by atoms with Crippen molar-refractivity contribution < 1.29 is 23.4 Å². The number of alkyl carbamates (subject to hydrolysis) is 1. The molecule has 3 aromatic rings. The number of pyridine rings is 2. The third kappa shape index (κ3) is 5.78. The van der Waals surface area contributed by atoms with Gasteiger partial charge in [-0.3, -0.25) is 9.88 Å². The fourth-order valence-corrected chi connectivity index (χ4v) is 4.26. The summed E-state index contributed by atoms with van der Waals surface area (Å²) in [6.07, 6.45) is 1.22. The molecule has 2 aromatic heterocycles. The topological polar surface area (TPSA) is 85.8 Å². The first kappa shape index (κ1) is 23.8. The number of nitrogens with one attached hydrogen (secondary N) is 1. The Morgan fingerprint density at radius 1 is 1.18 bits per heavy atom. The predicted molar refractivity (Wildman–Crippen MR) is 125 cm³/mol. The van der Waals surface area contributed by atoms with Crippen LogP contribution in [0.1, 0.15) is 11.1 Å². The van der Waals surface area contributed by atoms with Crippen LogP contribution >= 0.6 is 0 Å². The number of aromatic nitrogens is 2. The van der Waals surface area contributed by atoms with Crippen molar-refractivity contribution in [1.29, 1.82) is 0 Å². The number of amides is 1. The van der Waals surface area contributed by atoms with Crippen LogP contribution in [-0.4, -0.2) is 67.5 Å². The van der Waals surface area contributed by atoms with Crippen LogP contribution in [0.3, 0.4) is 0 Å². The van der Waals surface area contributed by atoms with E-state index >= 15 is 0 Å². The van der Waals surface area contributed by atoms with E-state index in [0.29, 0.717) is 48.5 Å². The number of hydrogen-bond donors (Lipinski definition) is 1. The minimum absolute atomic E-state index is 0.0355. The molecule has 1 N–H and O–H groups in total. The van der Waals surface area contributed by atoms with E-state index < -0.39 is 6.09 Å². The first-order valence-corrected chi connectivity index (χ1v) is 11.2. The number of fused-ring (bicyclic) bond motifs is 1. The first-order valence-electron chi connectivity index (χ1n) is 11.2. The Kier molecular flexibility index (Phi) is 7.87. The van der Waals surface area contributed by atoms with Gasteiger partial charge in [0.1, 0.15) is 12.4 Å². The quantitative estimate of drug-likeness (QED) is 0.516. The van der Waals surface area contributed by atoms with Crippen LogP contribution in [0.15, 0.2) is 48.7 Å². The molecule has 1 amide bonds. The maximum atomic E-state index is 14.6. The minimum atomic E-state index is -0.456. The standard InChI is InChI=1S/C25H29FN4O4/c1-32-22-15-30(14-18(22)12-28-25(31)34-16-17-6-4-3-5-7-17)11-10-19-20(26)13-27-21-8-9-23(33-2)29-24(19)21/h3-9,13,18,22H,10-12,14-16H2,1-2H3,(H,28,31). The highest BCUT2D eigenvalue weighted by atomic mass is 19.1. The van der Waals surface area contributed by atoms with Crippen molar-refractivity contribution in [3.05, 3.63) is 65.6 Å². The van der Waals surface area contributed by atoms with E-state index in [1.165, 1.54) is 13.3 Å². The van der Waals surface area contributed by atoms with Gasteiger partial charge in [0.05, 0.1) is 30.4 Å². The van der Waals surface area contributed by atoms with Crippen molar-refractivity contribution in [2.24, 2.45) is 5.92 Å². The number of rotatable bonds is 9. The second kappa shape index (κ2) is 11.2. The molecule has 180 valence electrons. The Morgan fingerprint density at radius 2 is 2.00 bits per heavy atom. The van der Waals surface area contributed by atoms with Gasteiger partial charge in [0, 0.05) is 50.8 Å². The molecular weight excluding hydrogens is 439 g/mol. The van der Waals surface area contributed by atoms with Crippen molar-refractivity contribution in [1.82, 2.24) is 20.2 Å². The van der Waals surface area contributed by atoms with E-state index in [9.17, 15) is 9.18 Å². The Morgan fingerprint density at radius 3 is 2.76 bits per heavy atom. The number of halogens is 1. The Labute approximate surface area is 198 Å². The molecule has 1 aromatic carbocycles. The van der Waals surface area contributed by atoms with E-state index in [1.54, 1.807) is 19.2 Å². The number of methoxy groups -OCH3 is 2. The van der Waals surface area contributed by atoms with E-state index in [0.717, 1.165) is 12.1 Å². The zero-order valence-corrected chi connectivity index (χ0v) is 19.4. The monoisotopic (exact) mass is 468 g/mol. The molecule has 1 saturated heterocycles. The molecular formula is C25H29FN4O4. The minimum Gasteiger partial charge on any atom is -0.481 e. The molecule has 1 fully saturated rings. The lowest BCUT2D eigenvalue weighted by atomic mass is 10.1. The molecule has 8 nitrogen and oxygen atoms in total. The van der Waals surface area contributed by atoms with Crippen molar-refractivity contribution in [3.63, 3.8) is 0 Å². The molecule has 0 bridgehead atoms. The second-order valence-corrected chi connectivity index (χ2v) is 8.29. The summed E-state index contributed by atoms with van der Waals surface area (Å²) < 4.78 is 30.7. The molecule has 34 heavy (non-hydrogen) atoms. The summed E-state index contributed by atoms with van der Waals surface area (Å²) in [5.41, 5.74) is 2.59. The van der Waals surface area contributed by atoms with Gasteiger partial charge in [-0.25, -0.2) is 14.2 Å². The van der Waals surface area contributed by atoms with Crippen LogP contribution in [0.5, 0.6) is 5.88 Å². The molecule has 2 atom stereocenters. The highest BCUT2D eigenvalue weighted by Crippen LogP contribution is 2.24. The van der Waals surface area contributed by atoms with Crippen LogP contribution in [0.4, 0.5) is 9.18 Å². The van der Waals surface area contributed by atoms with Crippen LogP contribution in [0.2, 0.25) is 0 Å². The lowest BCUT2D eigenvalue weighted by molar-refractivity contribution is 0.0766. The lowest BCUT2D eigenvalue weighted by Crippen LogP contribution is -2.35. The van der Waals surface area contributed by atoms with E-state index in [-0.39, 0.29) is 24.4 Å². The molecule has 0 aliphatic carbocycles. The number of hydrogen-bond acceptors (Lipinski definition) is 7. The van der Waals surface area contributed by atoms with Gasteiger partial charge in [-0.15, -0.1) is 0 Å². The van der Waals surface area contributed by atoms with E-state index in [4.69, 9.17) is 14.2 Å². The van der Waals surface area contributed by atoms with Crippen molar-refractivity contribution in [2.75, 3.05) is 40.4 Å². The largest absolute Gasteiger partial charge is 0.481 e. The summed E-state index contributed by atoms with van der Waals surface area (Å²) in [7, 11) is 3.20. The summed E-state index contributed by atoms with van der Waals surface area (Å²) in [6, 6.07) is 13.0. The number of benzene rings is 1. The average Bonchev–Trinajstić information content (AvgIpc) is 3.28. The molecule has 1 aliphatic heterocycles. The summed E-state index contributed by atoms with van der Waals surface area (Å²) in [5, 5.41) is 2.84. The van der Waals surface area contributed by atoms with E-state index in [2.05, 4.69) is 20.2 Å². The summed E-state index contributed by atoms with van der Waals surface area (Å²) in [6.45, 7) is 2.71. The normalized spacial score (nSPS) is 18.2. The Balaban J connectivity index is 1.31. The number of carbonyl (C=O) groups is 1. The van der Waals surface area contributed by atoms with Gasteiger partial charge >= 0.3 is 6.09 Å². The predicted octanol–water partition coefficient (Wildman–Crippen LogP) is 3.19. The summed E-state index contributed by atoms with van der Waals surface area (Å²) in [5.74, 6) is 0.147. The van der Waals surface area contributed by atoms with Gasteiger partial charge in [-0.1, -0.05) is 30.3 Å². The van der Waals surface area contributed by atoms with Gasteiger partial charge < -0.3 is 19.5 Å². The average molecular weight is 469 g/mol. The number of nitrogens with zero attached hydrogens (tertiary/aromatic N) is 3. The zero-order valence-electron chi connectivity index (χ0n) is 19.4. The fraction of sp³-hybridized carbons (Fsp3) is 0.400. The SMILES string of the molecule is COc1ccc2ncc(F)c(CCN3CC(CNC(=O)OCc4ccccc4)C(OC)C3)c2n1. The molecule has 0 radical (unpaired) electrons. The zero-order chi connectivity index (χ0) is 23.9. The van der Waals surface area contributed by atoms with Crippen molar-refractivity contribution >= 4 is 17.1 Å². The fourth-order valence-electron chi connectivity index (χ4n) is 4.26. The Hall–Kier alpha value is -3.30. The lowest BCUT2D eigenvalue weighted by Gasteiger charge is -2.17. The highest BCUT2D eigenvalue weighted by Gasteiger charge is 2.33. The summed E-state index contributed by atoms with van der Waals surface area (Å²) in [4.78, 5) is 22.9. The van der Waals surface area contributed by atoms with Gasteiger partial charge in [0.15, 0.2) is 0 Å². The third-order valence-corrected chi connectivity index (χ3v) is 6.11. The number of ether oxygens (including phenoxy) is 3. The van der Waals surface area contributed by atoms with Gasteiger partial charge in [-0.05, 0) is 18.1 Å².